The van der Waals surface area contributed by atoms with E-state index in [1.165, 1.54) is 10.4 Å². The zero-order valence-electron chi connectivity index (χ0n) is 15.0. The van der Waals surface area contributed by atoms with Crippen molar-refractivity contribution in [3.05, 3.63) is 47.0 Å². The molecule has 1 amide bonds. The van der Waals surface area contributed by atoms with E-state index in [0.29, 0.717) is 12.3 Å². The van der Waals surface area contributed by atoms with Crippen LogP contribution in [-0.4, -0.2) is 24.0 Å². The van der Waals surface area contributed by atoms with Gasteiger partial charge >= 0.3 is 0 Å². The summed E-state index contributed by atoms with van der Waals surface area (Å²) in [6.45, 7) is 6.51. The Bertz CT molecular complexity index is 690. The molecule has 1 aromatic heterocycles. The highest BCUT2D eigenvalue weighted by molar-refractivity contribution is 7.15. The lowest BCUT2D eigenvalue weighted by atomic mass is 9.80. The number of carbonyl (C=O) groups is 1. The van der Waals surface area contributed by atoms with Gasteiger partial charge in [0, 0.05) is 17.5 Å². The van der Waals surface area contributed by atoms with Crippen LogP contribution in [-0.2, 0) is 10.2 Å². The summed E-state index contributed by atoms with van der Waals surface area (Å²) >= 11 is 1.63. The minimum atomic E-state index is -0.0122. The van der Waals surface area contributed by atoms with E-state index < -0.39 is 0 Å². The average molecular weight is 358 g/mol. The SMILES string of the molecule is CC(C)(CCC(=O)Nc1ncc(C2CCNCC2)s1)c1ccccc1. The molecule has 0 unspecified atom stereocenters. The van der Waals surface area contributed by atoms with Crippen LogP contribution in [0.2, 0.25) is 0 Å². The molecule has 0 radical (unpaired) electrons. The van der Waals surface area contributed by atoms with Crippen molar-refractivity contribution in [3.63, 3.8) is 0 Å². The van der Waals surface area contributed by atoms with Crippen molar-refractivity contribution in [2.24, 2.45) is 0 Å². The molecular weight excluding hydrogens is 330 g/mol. The van der Waals surface area contributed by atoms with Gasteiger partial charge in [-0.2, -0.15) is 0 Å². The first kappa shape index (κ1) is 18.1. The molecule has 1 fully saturated rings. The molecule has 1 saturated heterocycles. The highest BCUT2D eigenvalue weighted by Gasteiger charge is 2.22. The molecule has 25 heavy (non-hydrogen) atoms. The van der Waals surface area contributed by atoms with E-state index in [1.54, 1.807) is 11.3 Å². The Morgan fingerprint density at radius 1 is 1.28 bits per heavy atom. The Labute approximate surface area is 154 Å². The lowest BCUT2D eigenvalue weighted by Gasteiger charge is -2.24. The quantitative estimate of drug-likeness (QED) is 0.810. The van der Waals surface area contributed by atoms with Gasteiger partial charge in [-0.1, -0.05) is 44.2 Å². The lowest BCUT2D eigenvalue weighted by Crippen LogP contribution is -2.26. The Kier molecular flexibility index (Phi) is 5.86. The van der Waals surface area contributed by atoms with Gasteiger partial charge in [-0.25, -0.2) is 4.98 Å². The first-order chi connectivity index (χ1) is 12.0. The van der Waals surface area contributed by atoms with E-state index in [9.17, 15) is 4.79 Å². The van der Waals surface area contributed by atoms with Crippen LogP contribution in [0.25, 0.3) is 0 Å². The monoisotopic (exact) mass is 357 g/mol. The van der Waals surface area contributed by atoms with Crippen LogP contribution in [0.1, 0.15) is 55.9 Å². The number of hydrogen-bond acceptors (Lipinski definition) is 4. The predicted octanol–water partition coefficient (Wildman–Crippen LogP) is 4.31. The molecule has 2 aromatic rings. The number of amides is 1. The van der Waals surface area contributed by atoms with E-state index in [2.05, 4.69) is 53.7 Å². The number of benzene rings is 1. The first-order valence-corrected chi connectivity index (χ1v) is 9.88. The minimum Gasteiger partial charge on any atom is -0.317 e. The van der Waals surface area contributed by atoms with Gasteiger partial charge < -0.3 is 10.6 Å². The van der Waals surface area contributed by atoms with Gasteiger partial charge in [-0.15, -0.1) is 11.3 Å². The maximum Gasteiger partial charge on any atom is 0.226 e. The summed E-state index contributed by atoms with van der Waals surface area (Å²) in [5.74, 6) is 0.636. The normalized spacial score (nSPS) is 15.9. The molecule has 5 heteroatoms. The fraction of sp³-hybridized carbons (Fsp3) is 0.500. The lowest BCUT2D eigenvalue weighted by molar-refractivity contribution is -0.116. The number of piperidine rings is 1. The maximum absolute atomic E-state index is 12.3. The van der Waals surface area contributed by atoms with Gasteiger partial charge in [0.1, 0.15) is 0 Å². The fourth-order valence-corrected chi connectivity index (χ4v) is 4.28. The summed E-state index contributed by atoms with van der Waals surface area (Å²) in [7, 11) is 0. The first-order valence-electron chi connectivity index (χ1n) is 9.06. The Hall–Kier alpha value is -1.72. The van der Waals surface area contributed by atoms with E-state index >= 15 is 0 Å². The van der Waals surface area contributed by atoms with E-state index in [0.717, 1.165) is 37.5 Å². The summed E-state index contributed by atoms with van der Waals surface area (Å²) in [6.07, 6.45) is 5.56. The van der Waals surface area contributed by atoms with Crippen LogP contribution in [0.15, 0.2) is 36.5 Å². The third-order valence-electron chi connectivity index (χ3n) is 5.04. The van der Waals surface area contributed by atoms with Crippen LogP contribution >= 0.6 is 11.3 Å². The highest BCUT2D eigenvalue weighted by atomic mass is 32.1. The minimum absolute atomic E-state index is 0.0122. The Balaban J connectivity index is 1.52. The summed E-state index contributed by atoms with van der Waals surface area (Å²) < 4.78 is 0. The molecule has 0 saturated carbocycles. The summed E-state index contributed by atoms with van der Waals surface area (Å²) in [5.41, 5.74) is 1.26. The van der Waals surface area contributed by atoms with Crippen LogP contribution < -0.4 is 10.6 Å². The predicted molar refractivity (Wildman–Crippen MR) is 104 cm³/mol. The second-order valence-electron chi connectivity index (χ2n) is 7.39. The molecular formula is C20H27N3OS. The van der Waals surface area contributed by atoms with Gasteiger partial charge in [0.05, 0.1) is 0 Å². The molecule has 1 aromatic carbocycles. The Morgan fingerprint density at radius 3 is 2.72 bits per heavy atom. The summed E-state index contributed by atoms with van der Waals surface area (Å²) in [6, 6.07) is 10.4. The largest absolute Gasteiger partial charge is 0.317 e. The molecule has 3 rings (SSSR count). The van der Waals surface area contributed by atoms with E-state index in [1.807, 2.05) is 12.3 Å². The zero-order valence-corrected chi connectivity index (χ0v) is 15.9. The van der Waals surface area contributed by atoms with Crippen molar-refractivity contribution in [2.75, 3.05) is 18.4 Å². The van der Waals surface area contributed by atoms with Crippen LogP contribution in [0.3, 0.4) is 0 Å². The van der Waals surface area contributed by atoms with Crippen molar-refractivity contribution in [1.29, 1.82) is 0 Å². The third kappa shape index (κ3) is 4.89. The van der Waals surface area contributed by atoms with Crippen LogP contribution in [0.5, 0.6) is 0 Å². The molecule has 1 aliphatic rings. The van der Waals surface area contributed by atoms with E-state index in [4.69, 9.17) is 0 Å². The Morgan fingerprint density at radius 2 is 2.00 bits per heavy atom. The molecule has 2 heterocycles. The number of carbonyl (C=O) groups excluding carboxylic acids is 1. The molecule has 1 aliphatic heterocycles. The standard InChI is InChI=1S/C20H27N3OS/c1-20(2,16-6-4-3-5-7-16)11-8-18(24)23-19-22-14-17(25-19)15-9-12-21-13-10-15/h3-7,14-15,21H,8-13H2,1-2H3,(H,22,23,24). The van der Waals surface area contributed by atoms with Crippen molar-refractivity contribution in [3.8, 4) is 0 Å². The second-order valence-corrected chi connectivity index (χ2v) is 8.45. The summed E-state index contributed by atoms with van der Waals surface area (Å²) in [5, 5.41) is 7.09. The highest BCUT2D eigenvalue weighted by Crippen LogP contribution is 2.32. The fourth-order valence-electron chi connectivity index (χ4n) is 3.28. The van der Waals surface area contributed by atoms with Crippen LogP contribution in [0.4, 0.5) is 5.13 Å². The van der Waals surface area contributed by atoms with Crippen molar-refractivity contribution in [2.45, 2.75) is 50.9 Å². The average Bonchev–Trinajstić information content (AvgIpc) is 3.10. The topological polar surface area (TPSA) is 54.0 Å². The molecule has 0 aliphatic carbocycles. The number of thiazole rings is 1. The van der Waals surface area contributed by atoms with Gasteiger partial charge in [-0.05, 0) is 49.2 Å². The number of rotatable bonds is 6. The molecule has 134 valence electrons. The summed E-state index contributed by atoms with van der Waals surface area (Å²) in [4.78, 5) is 18.0. The van der Waals surface area contributed by atoms with Crippen molar-refractivity contribution < 1.29 is 4.79 Å². The number of aromatic nitrogens is 1. The molecule has 0 spiro atoms. The van der Waals surface area contributed by atoms with Gasteiger partial charge in [-0.3, -0.25) is 4.79 Å². The molecule has 2 N–H and O–H groups in total. The van der Waals surface area contributed by atoms with Gasteiger partial charge in [0.15, 0.2) is 5.13 Å². The van der Waals surface area contributed by atoms with Crippen molar-refractivity contribution >= 4 is 22.4 Å². The molecule has 4 nitrogen and oxygen atoms in total. The number of nitrogens with one attached hydrogen (secondary N) is 2. The maximum atomic E-state index is 12.3. The number of anilines is 1. The number of nitrogens with zero attached hydrogens (tertiary/aromatic N) is 1. The van der Waals surface area contributed by atoms with Crippen LogP contribution in [0, 0.1) is 0 Å². The molecule has 0 atom stereocenters. The van der Waals surface area contributed by atoms with Gasteiger partial charge in [0.25, 0.3) is 0 Å². The third-order valence-corrected chi connectivity index (χ3v) is 6.12. The second kappa shape index (κ2) is 8.11. The van der Waals surface area contributed by atoms with E-state index in [-0.39, 0.29) is 11.3 Å². The number of hydrogen-bond donors (Lipinski definition) is 2. The van der Waals surface area contributed by atoms with Crippen molar-refractivity contribution in [1.82, 2.24) is 10.3 Å². The zero-order chi connectivity index (χ0) is 17.7. The molecule has 0 bridgehead atoms. The van der Waals surface area contributed by atoms with Gasteiger partial charge in [0.2, 0.25) is 5.91 Å². The smallest absolute Gasteiger partial charge is 0.226 e.